The maximum absolute atomic E-state index is 10.8. The molecule has 0 unspecified atom stereocenters. The molecule has 0 saturated carbocycles. The molecule has 0 fully saturated rings. The minimum absolute atomic E-state index is 0.738. The molecule has 0 amide bonds. The van der Waals surface area contributed by atoms with Crippen molar-refractivity contribution in [2.24, 2.45) is 0 Å². The number of hydrogen-bond acceptors (Lipinski definition) is 6. The molecule has 6 nitrogen and oxygen atoms in total. The normalized spacial score (nSPS) is 16.9. The zero-order valence-electron chi connectivity index (χ0n) is 9.53. The van der Waals surface area contributed by atoms with Gasteiger partial charge in [-0.2, -0.15) is 10.5 Å². The number of nitriles is 2. The van der Waals surface area contributed by atoms with Crippen molar-refractivity contribution in [3.8, 4) is 12.1 Å². The van der Waals surface area contributed by atoms with Crippen LogP contribution in [0.15, 0.2) is 0 Å². The SMILES string of the molecule is CC(=O)O[C@](C)(C#N)[C@](C)(C#N)OC(C)=O. The topological polar surface area (TPSA) is 100 Å². The molecule has 0 aliphatic carbocycles. The Morgan fingerprint density at radius 1 is 0.938 bits per heavy atom. The van der Waals surface area contributed by atoms with Gasteiger partial charge in [-0.3, -0.25) is 9.59 Å². The highest BCUT2D eigenvalue weighted by atomic mass is 16.6. The van der Waals surface area contributed by atoms with Crippen LogP contribution in [0.3, 0.4) is 0 Å². The van der Waals surface area contributed by atoms with E-state index in [0.29, 0.717) is 0 Å². The lowest BCUT2D eigenvalue weighted by molar-refractivity contribution is -0.181. The first-order valence-corrected chi connectivity index (χ1v) is 4.42. The van der Waals surface area contributed by atoms with Gasteiger partial charge in [-0.05, 0) is 13.8 Å². The van der Waals surface area contributed by atoms with Crippen molar-refractivity contribution in [3.05, 3.63) is 0 Å². The Labute approximate surface area is 93.4 Å². The second kappa shape index (κ2) is 4.63. The van der Waals surface area contributed by atoms with Crippen molar-refractivity contribution >= 4 is 11.9 Å². The summed E-state index contributed by atoms with van der Waals surface area (Å²) >= 11 is 0. The third-order valence-electron chi connectivity index (χ3n) is 2.03. The molecule has 0 aromatic carbocycles. The van der Waals surface area contributed by atoms with Crippen LogP contribution < -0.4 is 0 Å². The fourth-order valence-corrected chi connectivity index (χ4v) is 1.03. The fourth-order valence-electron chi connectivity index (χ4n) is 1.03. The first-order chi connectivity index (χ1) is 7.20. The number of esters is 2. The molecule has 2 atom stereocenters. The molecule has 0 saturated heterocycles. The van der Waals surface area contributed by atoms with E-state index in [9.17, 15) is 9.59 Å². The summed E-state index contributed by atoms with van der Waals surface area (Å²) in [6.07, 6.45) is 0. The highest BCUT2D eigenvalue weighted by Crippen LogP contribution is 2.29. The molecule has 0 aliphatic heterocycles. The van der Waals surface area contributed by atoms with E-state index in [4.69, 9.17) is 20.0 Å². The van der Waals surface area contributed by atoms with Crippen LogP contribution >= 0.6 is 0 Å². The van der Waals surface area contributed by atoms with E-state index in [2.05, 4.69) is 0 Å². The Balaban J connectivity index is 5.34. The molecule has 0 radical (unpaired) electrons. The summed E-state index contributed by atoms with van der Waals surface area (Å²) in [5, 5.41) is 17.9. The number of rotatable bonds is 3. The smallest absolute Gasteiger partial charge is 0.304 e. The average Bonchev–Trinajstić information content (AvgIpc) is 2.15. The van der Waals surface area contributed by atoms with Crippen LogP contribution in [0.25, 0.3) is 0 Å². The van der Waals surface area contributed by atoms with E-state index in [-0.39, 0.29) is 0 Å². The number of carbonyl (C=O) groups is 2. The highest BCUT2D eigenvalue weighted by molar-refractivity contribution is 5.69. The van der Waals surface area contributed by atoms with Gasteiger partial charge in [0.05, 0.1) is 0 Å². The van der Waals surface area contributed by atoms with Crippen molar-refractivity contribution < 1.29 is 19.1 Å². The van der Waals surface area contributed by atoms with Crippen LogP contribution in [0.4, 0.5) is 0 Å². The number of carbonyl (C=O) groups excluding carboxylic acids is 2. The average molecular weight is 224 g/mol. The minimum Gasteiger partial charge on any atom is -0.439 e. The summed E-state index contributed by atoms with van der Waals surface area (Å²) in [6, 6.07) is 3.33. The Kier molecular flexibility index (Phi) is 4.02. The first kappa shape index (κ1) is 13.9. The lowest BCUT2D eigenvalue weighted by atomic mass is 9.88. The highest BCUT2D eigenvalue weighted by Gasteiger charge is 2.52. The van der Waals surface area contributed by atoms with Gasteiger partial charge in [0.25, 0.3) is 0 Å². The van der Waals surface area contributed by atoms with Gasteiger partial charge in [-0.15, -0.1) is 0 Å². The molecule has 0 aliphatic rings. The standard InChI is InChI=1S/C10H12N2O4/c1-7(13)15-9(3,5-11)10(4,6-12)16-8(2)14/h1-4H3/t9-,10+. The maximum atomic E-state index is 10.8. The Morgan fingerprint density at radius 2 is 1.19 bits per heavy atom. The molecule has 0 aromatic rings. The van der Waals surface area contributed by atoms with Gasteiger partial charge in [-0.1, -0.05) is 0 Å². The van der Waals surface area contributed by atoms with Gasteiger partial charge in [0.1, 0.15) is 12.1 Å². The van der Waals surface area contributed by atoms with E-state index >= 15 is 0 Å². The number of nitrogens with zero attached hydrogens (tertiary/aromatic N) is 2. The van der Waals surface area contributed by atoms with Crippen LogP contribution in [0.1, 0.15) is 27.7 Å². The molecule has 0 aromatic heterocycles. The van der Waals surface area contributed by atoms with Gasteiger partial charge in [0, 0.05) is 13.8 Å². The molecule has 86 valence electrons. The minimum atomic E-state index is -1.85. The summed E-state index contributed by atoms with van der Waals surface area (Å²) in [7, 11) is 0. The zero-order valence-corrected chi connectivity index (χ0v) is 9.53. The third kappa shape index (κ3) is 2.71. The molecule has 0 rings (SSSR count). The zero-order chi connectivity index (χ0) is 13.0. The van der Waals surface area contributed by atoms with Crippen LogP contribution in [0.5, 0.6) is 0 Å². The summed E-state index contributed by atoms with van der Waals surface area (Å²) < 4.78 is 9.49. The largest absolute Gasteiger partial charge is 0.439 e. The monoisotopic (exact) mass is 224 g/mol. The maximum Gasteiger partial charge on any atom is 0.304 e. The molecule has 0 bridgehead atoms. The molecular formula is C10H12N2O4. The van der Waals surface area contributed by atoms with Gasteiger partial charge in [0.2, 0.25) is 11.2 Å². The predicted octanol–water partition coefficient (Wildman–Crippen LogP) is 0.677. The van der Waals surface area contributed by atoms with Crippen molar-refractivity contribution in [1.29, 1.82) is 10.5 Å². The molecule has 0 heterocycles. The van der Waals surface area contributed by atoms with Gasteiger partial charge in [0.15, 0.2) is 0 Å². The molecule has 6 heteroatoms. The quantitative estimate of drug-likeness (QED) is 0.653. The van der Waals surface area contributed by atoms with E-state index in [1.54, 1.807) is 12.1 Å². The molecule has 16 heavy (non-hydrogen) atoms. The van der Waals surface area contributed by atoms with Gasteiger partial charge < -0.3 is 9.47 Å². The first-order valence-electron chi connectivity index (χ1n) is 4.42. The number of hydrogen-bond donors (Lipinski definition) is 0. The molecule has 0 spiro atoms. The Bertz CT molecular complexity index is 355. The van der Waals surface area contributed by atoms with Crippen LogP contribution in [-0.4, -0.2) is 23.1 Å². The second-order valence-corrected chi connectivity index (χ2v) is 3.48. The fraction of sp³-hybridized carbons (Fsp3) is 0.600. The number of ether oxygens (including phenoxy) is 2. The summed E-state index contributed by atoms with van der Waals surface area (Å²) in [4.78, 5) is 21.7. The Morgan fingerprint density at radius 3 is 1.31 bits per heavy atom. The lowest BCUT2D eigenvalue weighted by Gasteiger charge is -2.33. The second-order valence-electron chi connectivity index (χ2n) is 3.48. The van der Waals surface area contributed by atoms with Crippen LogP contribution in [-0.2, 0) is 19.1 Å². The van der Waals surface area contributed by atoms with Gasteiger partial charge in [-0.25, -0.2) is 0 Å². The summed E-state index contributed by atoms with van der Waals surface area (Å²) in [5.41, 5.74) is -3.70. The van der Waals surface area contributed by atoms with Crippen molar-refractivity contribution in [1.82, 2.24) is 0 Å². The van der Waals surface area contributed by atoms with Crippen LogP contribution in [0, 0.1) is 22.7 Å². The van der Waals surface area contributed by atoms with Crippen LogP contribution in [0.2, 0.25) is 0 Å². The van der Waals surface area contributed by atoms with E-state index in [1.807, 2.05) is 0 Å². The predicted molar refractivity (Wildman–Crippen MR) is 51.6 cm³/mol. The van der Waals surface area contributed by atoms with E-state index < -0.39 is 23.1 Å². The summed E-state index contributed by atoms with van der Waals surface area (Å²) in [5.74, 6) is -1.48. The molecule has 0 N–H and O–H groups in total. The van der Waals surface area contributed by atoms with Crippen molar-refractivity contribution in [2.75, 3.05) is 0 Å². The molecular weight excluding hydrogens is 212 g/mol. The lowest BCUT2D eigenvalue weighted by Crippen LogP contribution is -2.53. The van der Waals surface area contributed by atoms with Gasteiger partial charge >= 0.3 is 11.9 Å². The van der Waals surface area contributed by atoms with Crippen molar-refractivity contribution in [2.45, 2.75) is 38.9 Å². The van der Waals surface area contributed by atoms with Crippen molar-refractivity contribution in [3.63, 3.8) is 0 Å². The third-order valence-corrected chi connectivity index (χ3v) is 2.03. The van der Waals surface area contributed by atoms with E-state index in [1.165, 1.54) is 13.8 Å². The summed E-state index contributed by atoms with van der Waals surface area (Å²) in [6.45, 7) is 4.61. The van der Waals surface area contributed by atoms with E-state index in [0.717, 1.165) is 13.8 Å². The Hall–Kier alpha value is -2.08.